The summed E-state index contributed by atoms with van der Waals surface area (Å²) in [5.41, 5.74) is 2.38. The van der Waals surface area contributed by atoms with Crippen LogP contribution in [-0.4, -0.2) is 62.3 Å². The number of nitrogens with one attached hydrogen (secondary N) is 2. The molecule has 2 N–H and O–H groups in total. The second-order valence-corrected chi connectivity index (χ2v) is 6.83. The molecule has 0 aliphatic carbocycles. The SMILES string of the molecule is CCOc1nc(Nc2cnn([C@H]3CCN(CC(F)F)C3)c2C)nc2[nH]ccc12. The third-order valence-electron chi connectivity index (χ3n) is 4.94. The van der Waals surface area contributed by atoms with Crippen molar-refractivity contribution >= 4 is 22.7 Å². The summed E-state index contributed by atoms with van der Waals surface area (Å²) in [4.78, 5) is 13.8. The van der Waals surface area contributed by atoms with Gasteiger partial charge >= 0.3 is 0 Å². The molecule has 4 heterocycles. The van der Waals surface area contributed by atoms with Gasteiger partial charge in [0.2, 0.25) is 11.8 Å². The zero-order valence-electron chi connectivity index (χ0n) is 15.8. The van der Waals surface area contributed by atoms with E-state index in [1.807, 2.05) is 24.6 Å². The van der Waals surface area contributed by atoms with Gasteiger partial charge in [-0.25, -0.2) is 8.78 Å². The summed E-state index contributed by atoms with van der Waals surface area (Å²) in [5, 5.41) is 8.49. The Morgan fingerprint density at radius 1 is 1.39 bits per heavy atom. The van der Waals surface area contributed by atoms with Gasteiger partial charge in [-0.3, -0.25) is 9.58 Å². The van der Waals surface area contributed by atoms with Crippen molar-refractivity contribution in [3.05, 3.63) is 24.2 Å². The lowest BCUT2D eigenvalue weighted by molar-refractivity contribution is 0.0978. The molecule has 3 aromatic rings. The molecular formula is C18H23F2N7O. The van der Waals surface area contributed by atoms with Crippen molar-refractivity contribution in [3.8, 4) is 5.88 Å². The standard InChI is InChI=1S/C18H23F2N7O/c1-3-28-17-13-4-6-21-16(13)24-18(25-17)23-14-8-22-27(11(14)2)12-5-7-26(9-12)10-15(19)20/h4,6,8,12,15H,3,5,7,9-10H2,1-2H3,(H2,21,23,24,25)/t12-/m0/s1. The highest BCUT2D eigenvalue weighted by molar-refractivity contribution is 5.82. The number of nitrogens with zero attached hydrogens (tertiary/aromatic N) is 5. The van der Waals surface area contributed by atoms with Crippen molar-refractivity contribution in [1.82, 2.24) is 29.6 Å². The average Bonchev–Trinajstić information content (AvgIpc) is 3.36. The number of hydrogen-bond acceptors (Lipinski definition) is 6. The molecule has 28 heavy (non-hydrogen) atoms. The van der Waals surface area contributed by atoms with E-state index >= 15 is 0 Å². The van der Waals surface area contributed by atoms with Crippen molar-refractivity contribution in [1.29, 1.82) is 0 Å². The van der Waals surface area contributed by atoms with Gasteiger partial charge in [0.15, 0.2) is 0 Å². The maximum absolute atomic E-state index is 12.6. The van der Waals surface area contributed by atoms with E-state index < -0.39 is 6.43 Å². The third kappa shape index (κ3) is 3.64. The Balaban J connectivity index is 1.53. The van der Waals surface area contributed by atoms with E-state index in [-0.39, 0.29) is 12.6 Å². The van der Waals surface area contributed by atoms with Gasteiger partial charge in [-0.05, 0) is 26.3 Å². The molecule has 8 nitrogen and oxygen atoms in total. The van der Waals surface area contributed by atoms with E-state index in [0.717, 1.165) is 23.2 Å². The summed E-state index contributed by atoms with van der Waals surface area (Å²) in [5.74, 6) is 0.923. The predicted molar refractivity (Wildman–Crippen MR) is 101 cm³/mol. The lowest BCUT2D eigenvalue weighted by Gasteiger charge is -2.16. The Hall–Kier alpha value is -2.75. The molecule has 150 valence electrons. The van der Waals surface area contributed by atoms with E-state index in [1.165, 1.54) is 0 Å². The summed E-state index contributed by atoms with van der Waals surface area (Å²) in [6, 6.07) is 1.96. The van der Waals surface area contributed by atoms with Crippen LogP contribution in [0.5, 0.6) is 5.88 Å². The number of ether oxygens (including phenoxy) is 1. The topological polar surface area (TPSA) is 83.9 Å². The fraction of sp³-hybridized carbons (Fsp3) is 0.500. The number of H-pyrrole nitrogens is 1. The molecule has 0 unspecified atom stereocenters. The minimum Gasteiger partial charge on any atom is -0.477 e. The number of fused-ring (bicyclic) bond motifs is 1. The quantitative estimate of drug-likeness (QED) is 0.644. The first kappa shape index (κ1) is 18.6. The van der Waals surface area contributed by atoms with E-state index in [0.29, 0.717) is 37.2 Å². The molecule has 0 amide bonds. The van der Waals surface area contributed by atoms with Gasteiger partial charge in [-0.2, -0.15) is 15.1 Å². The number of anilines is 2. The average molecular weight is 391 g/mol. The van der Waals surface area contributed by atoms with Gasteiger partial charge in [-0.1, -0.05) is 0 Å². The largest absolute Gasteiger partial charge is 0.477 e. The highest BCUT2D eigenvalue weighted by atomic mass is 19.3. The van der Waals surface area contributed by atoms with Crippen molar-refractivity contribution in [2.24, 2.45) is 0 Å². The first-order chi connectivity index (χ1) is 13.5. The van der Waals surface area contributed by atoms with E-state index in [9.17, 15) is 8.78 Å². The molecule has 1 aliphatic rings. The Kier molecular flexibility index (Phi) is 5.12. The van der Waals surface area contributed by atoms with Crippen molar-refractivity contribution < 1.29 is 13.5 Å². The maximum Gasteiger partial charge on any atom is 0.251 e. The molecule has 4 rings (SSSR count). The van der Waals surface area contributed by atoms with Gasteiger partial charge in [0.05, 0.1) is 42.2 Å². The molecule has 1 fully saturated rings. The van der Waals surface area contributed by atoms with E-state index in [4.69, 9.17) is 4.74 Å². The van der Waals surface area contributed by atoms with Crippen molar-refractivity contribution in [2.75, 3.05) is 31.6 Å². The highest BCUT2D eigenvalue weighted by Gasteiger charge is 2.27. The van der Waals surface area contributed by atoms with Crippen LogP contribution in [-0.2, 0) is 0 Å². The Morgan fingerprint density at radius 3 is 3.04 bits per heavy atom. The molecule has 3 aromatic heterocycles. The summed E-state index contributed by atoms with van der Waals surface area (Å²) in [7, 11) is 0. The summed E-state index contributed by atoms with van der Waals surface area (Å²) >= 11 is 0. The zero-order valence-corrected chi connectivity index (χ0v) is 15.8. The highest BCUT2D eigenvalue weighted by Crippen LogP contribution is 2.29. The van der Waals surface area contributed by atoms with Crippen LogP contribution in [0.1, 0.15) is 25.1 Å². The first-order valence-electron chi connectivity index (χ1n) is 9.34. The first-order valence-corrected chi connectivity index (χ1v) is 9.34. The lowest BCUT2D eigenvalue weighted by Crippen LogP contribution is -2.27. The third-order valence-corrected chi connectivity index (χ3v) is 4.94. The second kappa shape index (κ2) is 7.70. The number of halogens is 2. The minimum atomic E-state index is -2.31. The van der Waals surface area contributed by atoms with Crippen LogP contribution >= 0.6 is 0 Å². The maximum atomic E-state index is 12.6. The summed E-state index contributed by atoms with van der Waals surface area (Å²) < 4.78 is 32.7. The molecule has 0 bridgehead atoms. The van der Waals surface area contributed by atoms with Crippen molar-refractivity contribution in [2.45, 2.75) is 32.7 Å². The number of alkyl halides is 2. The molecule has 0 spiro atoms. The summed E-state index contributed by atoms with van der Waals surface area (Å²) in [6.45, 7) is 5.40. The van der Waals surface area contributed by atoms with E-state index in [2.05, 4.69) is 25.4 Å². The molecule has 1 saturated heterocycles. The number of aromatic nitrogens is 5. The fourth-order valence-corrected chi connectivity index (χ4v) is 3.62. The Labute approximate surface area is 160 Å². The van der Waals surface area contributed by atoms with Gasteiger partial charge < -0.3 is 15.0 Å². The monoisotopic (exact) mass is 391 g/mol. The van der Waals surface area contributed by atoms with Gasteiger partial charge in [0, 0.05) is 19.3 Å². The molecule has 0 saturated carbocycles. The molecule has 0 radical (unpaired) electrons. The van der Waals surface area contributed by atoms with E-state index in [1.54, 1.807) is 17.3 Å². The molecule has 10 heteroatoms. The Morgan fingerprint density at radius 2 is 2.25 bits per heavy atom. The molecule has 0 aromatic carbocycles. The molecule has 1 atom stereocenters. The number of aromatic amines is 1. The summed E-state index contributed by atoms with van der Waals surface area (Å²) in [6.07, 6.45) is 2.00. The molecule has 1 aliphatic heterocycles. The van der Waals surface area contributed by atoms with Crippen LogP contribution in [0.2, 0.25) is 0 Å². The minimum absolute atomic E-state index is 0.0834. The van der Waals surface area contributed by atoms with Gasteiger partial charge in [0.1, 0.15) is 5.65 Å². The van der Waals surface area contributed by atoms with Crippen LogP contribution in [0, 0.1) is 6.92 Å². The number of hydrogen-bond donors (Lipinski definition) is 2. The number of likely N-dealkylation sites (tertiary alicyclic amines) is 1. The van der Waals surface area contributed by atoms with Crippen LogP contribution in [0.4, 0.5) is 20.4 Å². The normalized spacial score (nSPS) is 17.7. The van der Waals surface area contributed by atoms with Crippen LogP contribution in [0.25, 0.3) is 11.0 Å². The van der Waals surface area contributed by atoms with Crippen molar-refractivity contribution in [3.63, 3.8) is 0 Å². The van der Waals surface area contributed by atoms with Crippen LogP contribution in [0.3, 0.4) is 0 Å². The van der Waals surface area contributed by atoms with Gasteiger partial charge in [0.25, 0.3) is 6.43 Å². The van der Waals surface area contributed by atoms with Crippen LogP contribution < -0.4 is 10.1 Å². The van der Waals surface area contributed by atoms with Crippen LogP contribution in [0.15, 0.2) is 18.5 Å². The molecular weight excluding hydrogens is 368 g/mol. The Bertz CT molecular complexity index is 955. The zero-order chi connectivity index (χ0) is 19.7. The van der Waals surface area contributed by atoms with Gasteiger partial charge in [-0.15, -0.1) is 0 Å². The lowest BCUT2D eigenvalue weighted by atomic mass is 10.2. The second-order valence-electron chi connectivity index (χ2n) is 6.83. The number of rotatable bonds is 7. The predicted octanol–water partition coefficient (Wildman–Crippen LogP) is 3.12. The smallest absolute Gasteiger partial charge is 0.251 e. The fourth-order valence-electron chi connectivity index (χ4n) is 3.62.